The molecule has 0 radical (unpaired) electrons. The lowest BCUT2D eigenvalue weighted by atomic mass is 10.1. The normalized spacial score (nSPS) is 11.3. The molecule has 6 heteroatoms. The quantitative estimate of drug-likeness (QED) is 0.912. The van der Waals surface area contributed by atoms with Crippen molar-refractivity contribution in [3.63, 3.8) is 0 Å². The Bertz CT molecular complexity index is 730. The molecule has 0 spiro atoms. The smallest absolute Gasteiger partial charge is 0.262 e. The van der Waals surface area contributed by atoms with Crippen LogP contribution in [-0.2, 0) is 16.6 Å². The lowest BCUT2D eigenvalue weighted by Gasteiger charge is -2.11. The van der Waals surface area contributed by atoms with E-state index >= 15 is 0 Å². The molecule has 0 aliphatic heterocycles. The molecule has 0 atom stereocenters. The van der Waals surface area contributed by atoms with Crippen LogP contribution in [0.15, 0.2) is 47.4 Å². The second-order valence-electron chi connectivity index (χ2n) is 4.42. The van der Waals surface area contributed by atoms with E-state index in [1.54, 1.807) is 43.3 Å². The van der Waals surface area contributed by atoms with E-state index < -0.39 is 10.0 Å². The first-order chi connectivity index (χ1) is 9.42. The fourth-order valence-electron chi connectivity index (χ4n) is 1.82. The molecule has 0 aliphatic rings. The first-order valence-corrected chi connectivity index (χ1v) is 7.86. The summed E-state index contributed by atoms with van der Waals surface area (Å²) in [6.45, 7) is 2.03. The monoisotopic (exact) mass is 310 g/mol. The van der Waals surface area contributed by atoms with E-state index in [9.17, 15) is 8.42 Å². The van der Waals surface area contributed by atoms with Crippen molar-refractivity contribution in [1.82, 2.24) is 0 Å². The minimum atomic E-state index is -3.66. The van der Waals surface area contributed by atoms with Gasteiger partial charge in [0.25, 0.3) is 10.0 Å². The van der Waals surface area contributed by atoms with Crippen molar-refractivity contribution in [2.24, 2.45) is 5.73 Å². The summed E-state index contributed by atoms with van der Waals surface area (Å²) in [5.41, 5.74) is 7.41. The molecule has 4 nitrogen and oxygen atoms in total. The number of nitrogens with two attached hydrogens (primary N) is 1. The summed E-state index contributed by atoms with van der Waals surface area (Å²) in [6.07, 6.45) is 0. The number of aryl methyl sites for hydroxylation is 1. The van der Waals surface area contributed by atoms with Crippen molar-refractivity contribution < 1.29 is 8.42 Å². The van der Waals surface area contributed by atoms with Crippen LogP contribution in [0.1, 0.15) is 11.1 Å². The Balaban J connectivity index is 2.40. The van der Waals surface area contributed by atoms with Crippen LogP contribution >= 0.6 is 11.6 Å². The third-order valence-corrected chi connectivity index (χ3v) is 4.61. The van der Waals surface area contributed by atoms with Crippen LogP contribution in [0.25, 0.3) is 0 Å². The minimum absolute atomic E-state index is 0.223. The van der Waals surface area contributed by atoms with Crippen LogP contribution in [0.4, 0.5) is 5.69 Å². The van der Waals surface area contributed by atoms with Gasteiger partial charge < -0.3 is 5.73 Å². The van der Waals surface area contributed by atoms with Crippen LogP contribution in [0.2, 0.25) is 5.02 Å². The maximum atomic E-state index is 12.4. The van der Waals surface area contributed by atoms with Crippen molar-refractivity contribution in [2.75, 3.05) is 4.72 Å². The van der Waals surface area contributed by atoms with Crippen molar-refractivity contribution in [1.29, 1.82) is 0 Å². The van der Waals surface area contributed by atoms with Crippen molar-refractivity contribution in [3.8, 4) is 0 Å². The SMILES string of the molecule is Cc1ccc(CN)cc1S(=O)(=O)Nc1cccc(Cl)c1. The number of sulfonamides is 1. The Morgan fingerprint density at radius 2 is 1.95 bits per heavy atom. The van der Waals surface area contributed by atoms with E-state index in [4.69, 9.17) is 17.3 Å². The molecule has 0 aliphatic carbocycles. The summed E-state index contributed by atoms with van der Waals surface area (Å²) in [5, 5.41) is 0.470. The Morgan fingerprint density at radius 1 is 1.20 bits per heavy atom. The number of benzene rings is 2. The molecule has 2 aromatic rings. The van der Waals surface area contributed by atoms with Gasteiger partial charge in [0.15, 0.2) is 0 Å². The van der Waals surface area contributed by atoms with Crippen molar-refractivity contribution in [2.45, 2.75) is 18.4 Å². The minimum Gasteiger partial charge on any atom is -0.326 e. The van der Waals surface area contributed by atoms with Gasteiger partial charge in [-0.25, -0.2) is 8.42 Å². The molecule has 0 unspecified atom stereocenters. The predicted molar refractivity (Wildman–Crippen MR) is 81.3 cm³/mol. The number of nitrogens with one attached hydrogen (secondary N) is 1. The number of anilines is 1. The fourth-order valence-corrected chi connectivity index (χ4v) is 3.36. The summed E-state index contributed by atoms with van der Waals surface area (Å²) < 4.78 is 27.3. The first-order valence-electron chi connectivity index (χ1n) is 6.00. The molecule has 20 heavy (non-hydrogen) atoms. The highest BCUT2D eigenvalue weighted by Crippen LogP contribution is 2.22. The number of hydrogen-bond donors (Lipinski definition) is 2. The van der Waals surface area contributed by atoms with Gasteiger partial charge in [0.05, 0.1) is 10.6 Å². The molecule has 0 saturated heterocycles. The zero-order valence-corrected chi connectivity index (χ0v) is 12.5. The summed E-state index contributed by atoms with van der Waals surface area (Å²) in [7, 11) is -3.66. The molecule has 2 aromatic carbocycles. The van der Waals surface area contributed by atoms with E-state index in [2.05, 4.69) is 4.72 Å². The highest BCUT2D eigenvalue weighted by atomic mass is 35.5. The van der Waals surface area contributed by atoms with Gasteiger partial charge in [0.1, 0.15) is 0 Å². The average molecular weight is 311 g/mol. The molecule has 0 bridgehead atoms. The molecule has 0 saturated carbocycles. The second kappa shape index (κ2) is 5.83. The third-order valence-electron chi connectivity index (χ3n) is 2.85. The summed E-state index contributed by atoms with van der Waals surface area (Å²) >= 11 is 5.85. The van der Waals surface area contributed by atoms with Crippen LogP contribution in [0, 0.1) is 6.92 Å². The first kappa shape index (κ1) is 14.8. The van der Waals surface area contributed by atoms with Crippen LogP contribution in [0.3, 0.4) is 0 Å². The summed E-state index contributed by atoms with van der Waals surface area (Å²) in [5.74, 6) is 0. The van der Waals surface area contributed by atoms with Gasteiger partial charge >= 0.3 is 0 Å². The molecular formula is C14H15ClN2O2S. The van der Waals surface area contributed by atoms with E-state index in [-0.39, 0.29) is 4.90 Å². The molecule has 2 rings (SSSR count). The van der Waals surface area contributed by atoms with Crippen molar-refractivity contribution >= 4 is 27.3 Å². The predicted octanol–water partition coefficient (Wildman–Crippen LogP) is 2.91. The summed E-state index contributed by atoms with van der Waals surface area (Å²) in [4.78, 5) is 0.223. The Kier molecular flexibility index (Phi) is 4.32. The number of hydrogen-bond acceptors (Lipinski definition) is 3. The molecule has 0 aromatic heterocycles. The standard InChI is InChI=1S/C14H15ClN2O2S/c1-10-5-6-11(9-16)7-14(10)20(18,19)17-13-4-2-3-12(15)8-13/h2-8,17H,9,16H2,1H3. The Hall–Kier alpha value is -1.56. The molecule has 106 valence electrons. The van der Waals surface area contributed by atoms with Gasteiger partial charge in [-0.3, -0.25) is 4.72 Å². The maximum absolute atomic E-state index is 12.4. The van der Waals surface area contributed by atoms with Gasteiger partial charge in [0.2, 0.25) is 0 Å². The zero-order valence-electron chi connectivity index (χ0n) is 10.9. The van der Waals surface area contributed by atoms with Crippen LogP contribution in [-0.4, -0.2) is 8.42 Å². The van der Waals surface area contributed by atoms with E-state index in [1.807, 2.05) is 6.07 Å². The Morgan fingerprint density at radius 3 is 2.60 bits per heavy atom. The molecule has 0 fully saturated rings. The molecule has 3 N–H and O–H groups in total. The largest absolute Gasteiger partial charge is 0.326 e. The topological polar surface area (TPSA) is 72.2 Å². The fraction of sp³-hybridized carbons (Fsp3) is 0.143. The van der Waals surface area contributed by atoms with Gasteiger partial charge in [-0.2, -0.15) is 0 Å². The lowest BCUT2D eigenvalue weighted by Crippen LogP contribution is -2.15. The van der Waals surface area contributed by atoms with Gasteiger partial charge in [-0.15, -0.1) is 0 Å². The van der Waals surface area contributed by atoms with Crippen LogP contribution < -0.4 is 10.5 Å². The third kappa shape index (κ3) is 3.30. The van der Waals surface area contributed by atoms with Gasteiger partial charge in [-0.1, -0.05) is 29.8 Å². The van der Waals surface area contributed by atoms with Crippen molar-refractivity contribution in [3.05, 3.63) is 58.6 Å². The molecule has 0 heterocycles. The molecular weight excluding hydrogens is 296 g/mol. The number of halogens is 1. The zero-order chi connectivity index (χ0) is 14.8. The lowest BCUT2D eigenvalue weighted by molar-refractivity contribution is 0.600. The summed E-state index contributed by atoms with van der Waals surface area (Å²) in [6, 6.07) is 11.7. The average Bonchev–Trinajstić information content (AvgIpc) is 2.38. The van der Waals surface area contributed by atoms with E-state index in [0.717, 1.165) is 5.56 Å². The second-order valence-corrected chi connectivity index (χ2v) is 6.51. The highest BCUT2D eigenvalue weighted by Gasteiger charge is 2.17. The Labute approximate surface area is 123 Å². The maximum Gasteiger partial charge on any atom is 0.262 e. The van der Waals surface area contributed by atoms with Gasteiger partial charge in [0, 0.05) is 11.6 Å². The highest BCUT2D eigenvalue weighted by molar-refractivity contribution is 7.92. The molecule has 0 amide bonds. The van der Waals surface area contributed by atoms with Crippen LogP contribution in [0.5, 0.6) is 0 Å². The van der Waals surface area contributed by atoms with Gasteiger partial charge in [-0.05, 0) is 42.3 Å². The number of rotatable bonds is 4. The van der Waals surface area contributed by atoms with E-state index in [1.165, 1.54) is 0 Å². The van der Waals surface area contributed by atoms with E-state index in [0.29, 0.717) is 22.8 Å².